The van der Waals surface area contributed by atoms with Crippen molar-refractivity contribution in [1.29, 1.82) is 0 Å². The molecular weight excluding hydrogens is 468 g/mol. The van der Waals surface area contributed by atoms with Crippen LogP contribution in [-0.4, -0.2) is 54.1 Å². The predicted octanol–water partition coefficient (Wildman–Crippen LogP) is 3.47. The van der Waals surface area contributed by atoms with Crippen LogP contribution in [0.4, 0.5) is 11.4 Å². The van der Waals surface area contributed by atoms with E-state index in [1.54, 1.807) is 13.3 Å². The van der Waals surface area contributed by atoms with Gasteiger partial charge < -0.3 is 19.6 Å². The molecule has 1 aliphatic heterocycles. The Morgan fingerprint density at radius 3 is 2.31 bits per heavy atom. The second-order valence-electron chi connectivity index (χ2n) is 10.7. The first-order valence-electron chi connectivity index (χ1n) is 12.6. The van der Waals surface area contributed by atoms with Gasteiger partial charge in [0.25, 0.3) is 5.56 Å². The zero-order valence-corrected chi connectivity index (χ0v) is 20.7. The van der Waals surface area contributed by atoms with Crippen molar-refractivity contribution in [3.63, 3.8) is 0 Å². The van der Waals surface area contributed by atoms with E-state index in [2.05, 4.69) is 21.0 Å². The highest BCUT2D eigenvalue weighted by Crippen LogP contribution is 2.61. The number of benzene rings is 1. The van der Waals surface area contributed by atoms with Gasteiger partial charge in [0.1, 0.15) is 10.8 Å². The molecule has 8 nitrogen and oxygen atoms in total. The number of piperazine rings is 1. The number of ether oxygens (including phenoxy) is 1. The second kappa shape index (κ2) is 8.43. The standard InChI is InChI=1S/C26H31ClN4O4/c1-35-21-5-3-2-4-19(21)29-6-8-30(9-7-29)20-15-28-31(24(32)23(20)27)26-13-16-10-17(14-26)12-18(11-16)22(26)25(33)34/h2-5,15-18,22H,6-14H2,1H3,(H,33,34)/t16-,17-,18?,22-,26?/m1/s1. The SMILES string of the molecule is COc1ccccc1N1CCN(c2cnn(C34C[C@H]5CC(C[C@@H](C5)C3)[C@@H]4C(=O)O)c(=O)c2Cl)CC1. The van der Waals surface area contributed by atoms with E-state index in [1.807, 2.05) is 18.2 Å². The molecule has 4 saturated carbocycles. The number of aliphatic carboxylic acids is 1. The van der Waals surface area contributed by atoms with Crippen LogP contribution in [-0.2, 0) is 10.3 Å². The summed E-state index contributed by atoms with van der Waals surface area (Å²) < 4.78 is 6.98. The average molecular weight is 499 g/mol. The number of carboxylic acids is 1. The van der Waals surface area contributed by atoms with Crippen molar-refractivity contribution in [2.45, 2.75) is 37.6 Å². The van der Waals surface area contributed by atoms with E-state index in [1.165, 1.54) is 4.68 Å². The molecule has 3 atom stereocenters. The molecule has 0 amide bonds. The third kappa shape index (κ3) is 3.51. The summed E-state index contributed by atoms with van der Waals surface area (Å²) in [6.45, 7) is 2.90. The van der Waals surface area contributed by atoms with E-state index < -0.39 is 17.4 Å². The molecule has 0 radical (unpaired) electrons. The van der Waals surface area contributed by atoms with Gasteiger partial charge in [0.2, 0.25) is 0 Å². The molecule has 1 aromatic heterocycles. The van der Waals surface area contributed by atoms with Gasteiger partial charge in [-0.25, -0.2) is 4.68 Å². The lowest BCUT2D eigenvalue weighted by molar-refractivity contribution is -0.168. The fraction of sp³-hybridized carbons (Fsp3) is 0.577. The first kappa shape index (κ1) is 22.7. The molecule has 0 spiro atoms. The summed E-state index contributed by atoms with van der Waals surface area (Å²) in [6.07, 6.45) is 6.13. The van der Waals surface area contributed by atoms with Crippen molar-refractivity contribution < 1.29 is 14.6 Å². The molecule has 1 N–H and O–H groups in total. The first-order chi connectivity index (χ1) is 16.9. The molecule has 1 saturated heterocycles. The minimum absolute atomic E-state index is 0.119. The molecule has 5 fully saturated rings. The zero-order chi connectivity index (χ0) is 24.3. The number of rotatable bonds is 5. The average Bonchev–Trinajstić information content (AvgIpc) is 2.85. The maximum absolute atomic E-state index is 13.6. The number of hydrogen-bond donors (Lipinski definition) is 1. The van der Waals surface area contributed by atoms with Gasteiger partial charge in [-0.15, -0.1) is 0 Å². The van der Waals surface area contributed by atoms with Gasteiger partial charge in [-0.1, -0.05) is 23.7 Å². The van der Waals surface area contributed by atoms with Crippen LogP contribution >= 0.6 is 11.6 Å². The highest BCUT2D eigenvalue weighted by atomic mass is 35.5. The lowest BCUT2D eigenvalue weighted by Crippen LogP contribution is -2.63. The molecule has 9 heteroatoms. The summed E-state index contributed by atoms with van der Waals surface area (Å²) in [5, 5.41) is 14.9. The van der Waals surface area contributed by atoms with E-state index in [0.717, 1.165) is 43.8 Å². The van der Waals surface area contributed by atoms with Gasteiger partial charge in [-0.3, -0.25) is 9.59 Å². The van der Waals surface area contributed by atoms with Crippen LogP contribution < -0.4 is 20.1 Å². The Bertz CT molecular complexity index is 1190. The third-order valence-corrected chi connectivity index (χ3v) is 9.26. The van der Waals surface area contributed by atoms with Gasteiger partial charge in [0.15, 0.2) is 0 Å². The normalized spacial score (nSPS) is 31.6. The molecule has 5 aliphatic rings. The fourth-order valence-electron chi connectivity index (χ4n) is 7.77. The Labute approximate surface area is 209 Å². The molecule has 4 bridgehead atoms. The Balaban J connectivity index is 1.28. The quantitative estimate of drug-likeness (QED) is 0.675. The second-order valence-corrected chi connectivity index (χ2v) is 11.1. The fourth-order valence-corrected chi connectivity index (χ4v) is 8.02. The maximum Gasteiger partial charge on any atom is 0.309 e. The van der Waals surface area contributed by atoms with E-state index in [0.29, 0.717) is 43.5 Å². The van der Waals surface area contributed by atoms with Crippen LogP contribution in [0.5, 0.6) is 5.75 Å². The van der Waals surface area contributed by atoms with Crippen LogP contribution in [0.15, 0.2) is 35.3 Å². The van der Waals surface area contributed by atoms with E-state index in [-0.39, 0.29) is 16.5 Å². The monoisotopic (exact) mass is 498 g/mol. The van der Waals surface area contributed by atoms with E-state index in [4.69, 9.17) is 16.3 Å². The highest BCUT2D eigenvalue weighted by Gasteiger charge is 2.61. The van der Waals surface area contributed by atoms with Crippen LogP contribution in [0.25, 0.3) is 0 Å². The number of para-hydroxylation sites is 2. The van der Waals surface area contributed by atoms with Crippen LogP contribution in [0.2, 0.25) is 5.02 Å². The molecule has 2 aromatic rings. The summed E-state index contributed by atoms with van der Waals surface area (Å²) in [6, 6.07) is 7.96. The minimum atomic E-state index is -0.810. The van der Waals surface area contributed by atoms with Crippen LogP contribution in [0, 0.1) is 23.7 Å². The summed E-state index contributed by atoms with van der Waals surface area (Å²) in [4.78, 5) is 30.3. The Morgan fingerprint density at radius 1 is 1.06 bits per heavy atom. The molecule has 0 unspecified atom stereocenters. The number of hydrogen-bond acceptors (Lipinski definition) is 6. The van der Waals surface area contributed by atoms with Gasteiger partial charge in [-0.2, -0.15) is 5.10 Å². The summed E-state index contributed by atoms with van der Waals surface area (Å²) >= 11 is 6.70. The molecular formula is C26H31ClN4O4. The zero-order valence-electron chi connectivity index (χ0n) is 19.9. The predicted molar refractivity (Wildman–Crippen MR) is 134 cm³/mol. The van der Waals surface area contributed by atoms with Gasteiger partial charge in [0.05, 0.1) is 36.1 Å². The van der Waals surface area contributed by atoms with Gasteiger partial charge in [-0.05, 0) is 62.0 Å². The smallest absolute Gasteiger partial charge is 0.309 e. The van der Waals surface area contributed by atoms with Crippen LogP contribution in [0.3, 0.4) is 0 Å². The number of aromatic nitrogens is 2. The van der Waals surface area contributed by atoms with Gasteiger partial charge in [0, 0.05) is 26.2 Å². The number of anilines is 2. The number of carboxylic acid groups (broad SMARTS) is 1. The van der Waals surface area contributed by atoms with Crippen molar-refractivity contribution in [1.82, 2.24) is 9.78 Å². The minimum Gasteiger partial charge on any atom is -0.495 e. The molecule has 186 valence electrons. The lowest BCUT2D eigenvalue weighted by Gasteiger charge is -2.59. The number of methoxy groups -OCH3 is 1. The molecule has 35 heavy (non-hydrogen) atoms. The topological polar surface area (TPSA) is 87.9 Å². The highest BCUT2D eigenvalue weighted by molar-refractivity contribution is 6.33. The molecule has 1 aromatic carbocycles. The van der Waals surface area contributed by atoms with Crippen LogP contribution in [0.1, 0.15) is 32.1 Å². The largest absolute Gasteiger partial charge is 0.495 e. The van der Waals surface area contributed by atoms with Gasteiger partial charge >= 0.3 is 5.97 Å². The van der Waals surface area contributed by atoms with Crippen molar-refractivity contribution in [3.8, 4) is 5.75 Å². The van der Waals surface area contributed by atoms with E-state index in [9.17, 15) is 14.7 Å². The van der Waals surface area contributed by atoms with E-state index >= 15 is 0 Å². The number of carbonyl (C=O) groups is 1. The third-order valence-electron chi connectivity index (χ3n) is 8.91. The molecule has 7 rings (SSSR count). The van der Waals surface area contributed by atoms with Crippen molar-refractivity contribution >= 4 is 28.9 Å². The number of halogens is 1. The number of nitrogens with zero attached hydrogens (tertiary/aromatic N) is 4. The van der Waals surface area contributed by atoms with Crippen molar-refractivity contribution in [3.05, 3.63) is 45.8 Å². The first-order valence-corrected chi connectivity index (χ1v) is 12.9. The maximum atomic E-state index is 13.6. The van der Waals surface area contributed by atoms with Crippen molar-refractivity contribution in [2.75, 3.05) is 43.1 Å². The summed E-state index contributed by atoms with van der Waals surface area (Å²) in [5.41, 5.74) is 0.562. The molecule has 4 aliphatic carbocycles. The van der Waals surface area contributed by atoms with Crippen molar-refractivity contribution in [2.24, 2.45) is 23.7 Å². The lowest BCUT2D eigenvalue weighted by atomic mass is 9.48. The Kier molecular flexibility index (Phi) is 5.47. The summed E-state index contributed by atoms with van der Waals surface area (Å²) in [5.74, 6) is 0.513. The Hall–Kier alpha value is -2.74. The summed E-state index contributed by atoms with van der Waals surface area (Å²) in [7, 11) is 1.67. The Morgan fingerprint density at radius 2 is 1.69 bits per heavy atom. The molecule has 2 heterocycles.